The van der Waals surface area contributed by atoms with Gasteiger partial charge < -0.3 is 38.9 Å². The van der Waals surface area contributed by atoms with Crippen molar-refractivity contribution in [2.24, 2.45) is 0 Å². The highest BCUT2D eigenvalue weighted by molar-refractivity contribution is 7.51. The zero-order valence-electron chi connectivity index (χ0n) is 18.7. The Bertz CT molecular complexity index is 933. The summed E-state index contributed by atoms with van der Waals surface area (Å²) >= 11 is 0. The number of aromatic hydroxyl groups is 4. The number of hydrogen-bond donors (Lipinski definition) is 4. The van der Waals surface area contributed by atoms with Crippen molar-refractivity contribution in [2.75, 3.05) is 40.0 Å². The van der Waals surface area contributed by atoms with Gasteiger partial charge in [-0.3, -0.25) is 0 Å². The van der Waals surface area contributed by atoms with Crippen LogP contribution in [0.15, 0.2) is 36.4 Å². The maximum absolute atomic E-state index is 12.2. The van der Waals surface area contributed by atoms with E-state index in [9.17, 15) is 29.9 Å². The molecule has 2 aromatic rings. The lowest BCUT2D eigenvalue weighted by Crippen LogP contribution is -2.41. The zero-order chi connectivity index (χ0) is 23.8. The molecule has 1 unspecified atom stereocenters. The second-order valence-corrected chi connectivity index (χ2v) is 10.7. The minimum absolute atomic E-state index is 0.0134. The van der Waals surface area contributed by atoms with Crippen LogP contribution in [-0.4, -0.2) is 64.9 Å². The molecule has 0 aliphatic carbocycles. The molecule has 0 saturated carbocycles. The number of phenolic OH excluding ortho intramolecular Hbond substituents is 4. The van der Waals surface area contributed by atoms with E-state index in [0.717, 1.165) is 30.5 Å². The lowest BCUT2D eigenvalue weighted by molar-refractivity contribution is -0.890. The predicted molar refractivity (Wildman–Crippen MR) is 121 cm³/mol. The normalized spacial score (nSPS) is 13.7. The molecular weight excluding hydrogens is 433 g/mol. The Kier molecular flexibility index (Phi) is 9.40. The number of nitrogens with zero attached hydrogens (tertiary/aromatic N) is 1. The number of rotatable bonds is 13. The van der Waals surface area contributed by atoms with Crippen LogP contribution in [0.2, 0.25) is 0 Å². The second kappa shape index (κ2) is 11.6. The van der Waals surface area contributed by atoms with Crippen LogP contribution in [0.4, 0.5) is 0 Å². The molecule has 0 amide bonds. The largest absolute Gasteiger partial charge is 0.778 e. The van der Waals surface area contributed by atoms with Gasteiger partial charge in [0.1, 0.15) is 7.60 Å². The number of quaternary nitrogens is 1. The third-order valence-corrected chi connectivity index (χ3v) is 6.84. The van der Waals surface area contributed by atoms with Crippen molar-refractivity contribution in [3.05, 3.63) is 47.5 Å². The summed E-state index contributed by atoms with van der Waals surface area (Å²) in [6, 6.07) is 9.35. The van der Waals surface area contributed by atoms with Crippen molar-refractivity contribution in [3.8, 4) is 23.0 Å². The Morgan fingerprint density at radius 2 is 1.31 bits per heavy atom. The lowest BCUT2D eigenvalue weighted by Gasteiger charge is -2.31. The Balaban J connectivity index is 1.64. The van der Waals surface area contributed by atoms with Crippen LogP contribution in [0.5, 0.6) is 23.0 Å². The first-order valence-corrected chi connectivity index (χ1v) is 12.5. The Hall–Kier alpha value is -2.25. The van der Waals surface area contributed by atoms with E-state index in [1.54, 1.807) is 18.2 Å². The average molecular weight is 467 g/mol. The lowest BCUT2D eigenvalue weighted by atomic mass is 10.1. The highest BCUT2D eigenvalue weighted by Gasteiger charge is 2.17. The molecule has 0 bridgehead atoms. The number of aryl methyl sites for hydroxylation is 2. The van der Waals surface area contributed by atoms with Crippen LogP contribution >= 0.6 is 7.60 Å². The van der Waals surface area contributed by atoms with Gasteiger partial charge in [-0.2, -0.15) is 0 Å². The van der Waals surface area contributed by atoms with E-state index in [0.29, 0.717) is 30.3 Å². The molecule has 0 spiro atoms. The van der Waals surface area contributed by atoms with Gasteiger partial charge in [0.05, 0.1) is 33.8 Å². The molecule has 0 radical (unpaired) electrons. The molecule has 4 N–H and O–H groups in total. The molecule has 9 heteroatoms. The van der Waals surface area contributed by atoms with E-state index in [-0.39, 0.29) is 35.8 Å². The van der Waals surface area contributed by atoms with Gasteiger partial charge in [-0.1, -0.05) is 12.1 Å². The van der Waals surface area contributed by atoms with Gasteiger partial charge in [0.25, 0.3) is 0 Å². The fraction of sp³-hybridized carbons (Fsp3) is 0.478. The molecule has 8 nitrogen and oxygen atoms in total. The molecule has 2 rings (SSSR count). The number of phenols is 4. The van der Waals surface area contributed by atoms with Crippen LogP contribution in [0.25, 0.3) is 0 Å². The summed E-state index contributed by atoms with van der Waals surface area (Å²) in [6.45, 7) is 1.63. The second-order valence-electron chi connectivity index (χ2n) is 8.76. The molecule has 1 atom stereocenters. The first kappa shape index (κ1) is 26.0. The molecule has 178 valence electrons. The average Bonchev–Trinajstić information content (AvgIpc) is 2.70. The first-order valence-electron chi connectivity index (χ1n) is 10.8. The summed E-state index contributed by atoms with van der Waals surface area (Å²) in [4.78, 5) is 12.2. The summed E-state index contributed by atoms with van der Waals surface area (Å²) in [5.74, 6) is -0.632. The standard InChI is InChI=1S/C23H34NO7P/c1-24(2,12-3-6-18-8-10-20(25)22(27)16-18)13-5-15-32(29,30)31-14-4-7-19-9-11-21(26)23(28)17-19/h8-11,16-17H,3-7,12-15H2,1-2H3,(H4-,25,26,27,28,29,30). The maximum Gasteiger partial charge on any atom is 0.157 e. The van der Waals surface area contributed by atoms with Gasteiger partial charge in [0, 0.05) is 19.0 Å². The van der Waals surface area contributed by atoms with Crippen LogP contribution < -0.4 is 4.89 Å². The van der Waals surface area contributed by atoms with E-state index in [4.69, 9.17) is 4.52 Å². The van der Waals surface area contributed by atoms with Gasteiger partial charge in [0.2, 0.25) is 0 Å². The smallest absolute Gasteiger partial charge is 0.157 e. The van der Waals surface area contributed by atoms with E-state index in [1.807, 2.05) is 0 Å². The molecule has 0 aliphatic heterocycles. The third-order valence-electron chi connectivity index (χ3n) is 5.40. The minimum atomic E-state index is -3.90. The fourth-order valence-electron chi connectivity index (χ4n) is 3.51. The molecule has 0 heterocycles. The Labute approximate surface area is 189 Å². The van der Waals surface area contributed by atoms with E-state index in [1.165, 1.54) is 18.2 Å². The van der Waals surface area contributed by atoms with Crippen LogP contribution in [0, 0.1) is 0 Å². The molecule has 0 aliphatic rings. The molecule has 0 aromatic heterocycles. The van der Waals surface area contributed by atoms with Crippen molar-refractivity contribution < 1.29 is 38.9 Å². The monoisotopic (exact) mass is 467 g/mol. The SMILES string of the molecule is C[N+](C)(CCCc1ccc(O)c(O)c1)CCCP(=O)([O-])OCCCc1ccc(O)c(O)c1. The van der Waals surface area contributed by atoms with Crippen molar-refractivity contribution in [2.45, 2.75) is 32.1 Å². The third kappa shape index (κ3) is 9.09. The summed E-state index contributed by atoms with van der Waals surface area (Å²) in [7, 11) is 0.205. The van der Waals surface area contributed by atoms with Crippen LogP contribution in [0.3, 0.4) is 0 Å². The van der Waals surface area contributed by atoms with Crippen LogP contribution in [-0.2, 0) is 21.9 Å². The van der Waals surface area contributed by atoms with Gasteiger partial charge in [0.15, 0.2) is 23.0 Å². The van der Waals surface area contributed by atoms with Crippen molar-refractivity contribution >= 4 is 7.60 Å². The summed E-state index contributed by atoms with van der Waals surface area (Å²) in [5, 5.41) is 37.7. The topological polar surface area (TPSA) is 130 Å². The summed E-state index contributed by atoms with van der Waals surface area (Å²) < 4.78 is 18.0. The molecule has 0 saturated heterocycles. The van der Waals surface area contributed by atoms with Crippen molar-refractivity contribution in [1.29, 1.82) is 0 Å². The maximum atomic E-state index is 12.2. The number of hydrogen-bond acceptors (Lipinski definition) is 7. The van der Waals surface area contributed by atoms with Crippen molar-refractivity contribution in [3.63, 3.8) is 0 Å². The Morgan fingerprint density at radius 3 is 1.84 bits per heavy atom. The van der Waals surface area contributed by atoms with Gasteiger partial charge in [-0.25, -0.2) is 0 Å². The zero-order valence-corrected chi connectivity index (χ0v) is 19.6. The summed E-state index contributed by atoms with van der Waals surface area (Å²) in [6.07, 6.45) is 3.15. The number of benzene rings is 2. The summed E-state index contributed by atoms with van der Waals surface area (Å²) in [5.41, 5.74) is 1.74. The minimum Gasteiger partial charge on any atom is -0.778 e. The highest BCUT2D eigenvalue weighted by atomic mass is 31.2. The van der Waals surface area contributed by atoms with Gasteiger partial charge >= 0.3 is 0 Å². The molecule has 0 fully saturated rings. The molecule has 2 aromatic carbocycles. The van der Waals surface area contributed by atoms with Gasteiger partial charge in [-0.15, -0.1) is 0 Å². The highest BCUT2D eigenvalue weighted by Crippen LogP contribution is 2.38. The fourth-order valence-corrected chi connectivity index (χ4v) is 4.57. The van der Waals surface area contributed by atoms with Crippen LogP contribution in [0.1, 0.15) is 30.4 Å². The predicted octanol–water partition coefficient (Wildman–Crippen LogP) is 3.11. The Morgan fingerprint density at radius 1 is 0.812 bits per heavy atom. The molecular formula is C23H34NO7P. The van der Waals surface area contributed by atoms with E-state index in [2.05, 4.69) is 14.1 Å². The molecule has 32 heavy (non-hydrogen) atoms. The van der Waals surface area contributed by atoms with E-state index < -0.39 is 7.60 Å². The van der Waals surface area contributed by atoms with Crippen molar-refractivity contribution in [1.82, 2.24) is 0 Å². The first-order chi connectivity index (χ1) is 15.0. The van der Waals surface area contributed by atoms with E-state index >= 15 is 0 Å². The quantitative estimate of drug-likeness (QED) is 0.154. The van der Waals surface area contributed by atoms with Gasteiger partial charge in [-0.05, 0) is 54.7 Å².